The van der Waals surface area contributed by atoms with E-state index in [0.717, 1.165) is 29.7 Å². The van der Waals surface area contributed by atoms with Gasteiger partial charge in [-0.05, 0) is 50.3 Å². The van der Waals surface area contributed by atoms with Crippen molar-refractivity contribution < 1.29 is 4.79 Å². The Kier molecular flexibility index (Phi) is 6.97. The van der Waals surface area contributed by atoms with Crippen LogP contribution in [-0.4, -0.2) is 42.9 Å². The van der Waals surface area contributed by atoms with Crippen molar-refractivity contribution in [2.75, 3.05) is 27.2 Å². The molecule has 0 aromatic heterocycles. The summed E-state index contributed by atoms with van der Waals surface area (Å²) in [7, 11) is 4.05. The fraction of sp³-hybridized carbons (Fsp3) is 0.350. The van der Waals surface area contributed by atoms with Crippen molar-refractivity contribution in [3.05, 3.63) is 71.3 Å². The summed E-state index contributed by atoms with van der Waals surface area (Å²) in [6.07, 6.45) is 0.802. The molecule has 1 amide bonds. The predicted molar refractivity (Wildman–Crippen MR) is 98.7 cm³/mol. The quantitative estimate of drug-likeness (QED) is 0.812. The first-order chi connectivity index (χ1) is 11.6. The first-order valence-corrected chi connectivity index (χ1v) is 8.37. The highest BCUT2D eigenvalue weighted by atomic mass is 16.2. The lowest BCUT2D eigenvalue weighted by atomic mass is 10.1. The summed E-state index contributed by atoms with van der Waals surface area (Å²) in [5.74, 6) is 0.0629. The van der Waals surface area contributed by atoms with E-state index in [2.05, 4.69) is 11.0 Å². The first-order valence-electron chi connectivity index (χ1n) is 8.37. The molecule has 2 aromatic rings. The highest BCUT2D eigenvalue weighted by molar-refractivity contribution is 5.94. The van der Waals surface area contributed by atoms with Gasteiger partial charge in [0.25, 0.3) is 5.91 Å². The first kappa shape index (κ1) is 18.2. The van der Waals surface area contributed by atoms with Gasteiger partial charge in [-0.2, -0.15) is 0 Å². The Morgan fingerprint density at radius 1 is 0.958 bits per heavy atom. The van der Waals surface area contributed by atoms with Gasteiger partial charge in [0.05, 0.1) is 0 Å². The minimum atomic E-state index is 0.0629. The van der Waals surface area contributed by atoms with Gasteiger partial charge >= 0.3 is 0 Å². The van der Waals surface area contributed by atoms with Crippen LogP contribution in [0.15, 0.2) is 54.6 Å². The van der Waals surface area contributed by atoms with Crippen molar-refractivity contribution in [3.63, 3.8) is 0 Å². The molecule has 4 nitrogen and oxygen atoms in total. The van der Waals surface area contributed by atoms with E-state index < -0.39 is 0 Å². The van der Waals surface area contributed by atoms with Crippen molar-refractivity contribution >= 4 is 5.91 Å². The molecule has 4 heteroatoms. The molecule has 2 aromatic carbocycles. The zero-order valence-electron chi connectivity index (χ0n) is 14.6. The molecular weight excluding hydrogens is 298 g/mol. The third-order valence-corrected chi connectivity index (χ3v) is 3.81. The molecule has 0 aliphatic carbocycles. The largest absolute Gasteiger partial charge is 0.334 e. The Hall–Kier alpha value is -2.17. The molecule has 0 saturated heterocycles. The molecule has 0 spiro atoms. The second kappa shape index (κ2) is 9.21. The van der Waals surface area contributed by atoms with E-state index in [1.165, 1.54) is 0 Å². The van der Waals surface area contributed by atoms with Crippen LogP contribution in [0.1, 0.15) is 27.9 Å². The summed E-state index contributed by atoms with van der Waals surface area (Å²) in [6.45, 7) is 2.68. The third-order valence-electron chi connectivity index (χ3n) is 3.81. The zero-order chi connectivity index (χ0) is 17.4. The van der Waals surface area contributed by atoms with Crippen molar-refractivity contribution in [2.24, 2.45) is 5.73 Å². The molecule has 0 aliphatic rings. The topological polar surface area (TPSA) is 49.6 Å². The molecule has 0 fully saturated rings. The number of amides is 1. The van der Waals surface area contributed by atoms with Crippen molar-refractivity contribution in [2.45, 2.75) is 19.5 Å². The van der Waals surface area contributed by atoms with E-state index in [-0.39, 0.29) is 5.91 Å². The van der Waals surface area contributed by atoms with Gasteiger partial charge in [-0.25, -0.2) is 0 Å². The zero-order valence-corrected chi connectivity index (χ0v) is 14.6. The van der Waals surface area contributed by atoms with Gasteiger partial charge in [0.1, 0.15) is 0 Å². The van der Waals surface area contributed by atoms with Crippen LogP contribution in [0.25, 0.3) is 0 Å². The molecule has 128 valence electrons. The van der Waals surface area contributed by atoms with Crippen LogP contribution in [0.4, 0.5) is 0 Å². The number of hydrogen-bond donors (Lipinski definition) is 1. The molecule has 2 N–H and O–H groups in total. The molecule has 0 aliphatic heterocycles. The third kappa shape index (κ3) is 5.48. The maximum atomic E-state index is 13.0. The van der Waals surface area contributed by atoms with Gasteiger partial charge in [-0.3, -0.25) is 4.79 Å². The summed E-state index contributed by atoms with van der Waals surface area (Å²) in [5.41, 5.74) is 8.66. The van der Waals surface area contributed by atoms with E-state index in [1.54, 1.807) is 0 Å². The normalized spacial score (nSPS) is 10.8. The van der Waals surface area contributed by atoms with Gasteiger partial charge in [0.15, 0.2) is 0 Å². The Balaban J connectivity index is 2.17. The minimum Gasteiger partial charge on any atom is -0.334 e. The second-order valence-electron chi connectivity index (χ2n) is 6.29. The molecule has 0 unspecified atom stereocenters. The van der Waals surface area contributed by atoms with Crippen molar-refractivity contribution in [3.8, 4) is 0 Å². The molecule has 2 rings (SSSR count). The number of nitrogens with two attached hydrogens (primary N) is 1. The number of rotatable bonds is 8. The molecule has 0 radical (unpaired) electrons. The fourth-order valence-electron chi connectivity index (χ4n) is 2.69. The van der Waals surface area contributed by atoms with Crippen LogP contribution >= 0.6 is 0 Å². The minimum absolute atomic E-state index is 0.0629. The molecule has 0 bridgehead atoms. The Morgan fingerprint density at radius 2 is 1.67 bits per heavy atom. The standard InChI is InChI=1S/C20H27N3O/c1-22(2)15-18-10-6-11-19(14-18)20(24)23(13-7-12-21)16-17-8-4-3-5-9-17/h3-6,8-11,14H,7,12-13,15-16,21H2,1-2H3. The van der Waals surface area contributed by atoms with E-state index in [0.29, 0.717) is 19.6 Å². The van der Waals surface area contributed by atoms with Gasteiger partial charge < -0.3 is 15.5 Å². The number of nitrogens with zero attached hydrogens (tertiary/aromatic N) is 2. The summed E-state index contributed by atoms with van der Waals surface area (Å²) in [5, 5.41) is 0. The lowest BCUT2D eigenvalue weighted by Crippen LogP contribution is -2.32. The van der Waals surface area contributed by atoms with E-state index in [4.69, 9.17) is 5.73 Å². The Morgan fingerprint density at radius 3 is 2.33 bits per heavy atom. The maximum absolute atomic E-state index is 13.0. The second-order valence-corrected chi connectivity index (χ2v) is 6.29. The van der Waals surface area contributed by atoms with Gasteiger partial charge in [-0.15, -0.1) is 0 Å². The van der Waals surface area contributed by atoms with Crippen molar-refractivity contribution in [1.29, 1.82) is 0 Å². The smallest absolute Gasteiger partial charge is 0.254 e. The SMILES string of the molecule is CN(C)Cc1cccc(C(=O)N(CCCN)Cc2ccccc2)c1. The van der Waals surface area contributed by atoms with E-state index in [9.17, 15) is 4.79 Å². The molecule has 0 atom stereocenters. The lowest BCUT2D eigenvalue weighted by Gasteiger charge is -2.23. The van der Waals surface area contributed by atoms with Crippen LogP contribution < -0.4 is 5.73 Å². The highest BCUT2D eigenvalue weighted by Crippen LogP contribution is 2.13. The van der Waals surface area contributed by atoms with Gasteiger partial charge in [-0.1, -0.05) is 42.5 Å². The highest BCUT2D eigenvalue weighted by Gasteiger charge is 2.16. The van der Waals surface area contributed by atoms with Crippen LogP contribution in [-0.2, 0) is 13.1 Å². The van der Waals surface area contributed by atoms with E-state index >= 15 is 0 Å². The number of benzene rings is 2. The monoisotopic (exact) mass is 325 g/mol. The average Bonchev–Trinajstić information content (AvgIpc) is 2.58. The van der Waals surface area contributed by atoms with Crippen LogP contribution in [0, 0.1) is 0 Å². The van der Waals surface area contributed by atoms with Crippen LogP contribution in [0.5, 0.6) is 0 Å². The molecular formula is C20H27N3O. The van der Waals surface area contributed by atoms with Crippen LogP contribution in [0.3, 0.4) is 0 Å². The lowest BCUT2D eigenvalue weighted by molar-refractivity contribution is 0.0742. The number of carbonyl (C=O) groups is 1. The predicted octanol–water partition coefficient (Wildman–Crippen LogP) is 2.74. The average molecular weight is 325 g/mol. The van der Waals surface area contributed by atoms with Crippen LogP contribution in [0.2, 0.25) is 0 Å². The molecule has 24 heavy (non-hydrogen) atoms. The Labute approximate surface area is 144 Å². The molecule has 0 heterocycles. The summed E-state index contributed by atoms with van der Waals surface area (Å²) >= 11 is 0. The Bertz CT molecular complexity index is 640. The van der Waals surface area contributed by atoms with Gasteiger partial charge in [0.2, 0.25) is 0 Å². The maximum Gasteiger partial charge on any atom is 0.254 e. The number of hydrogen-bond acceptors (Lipinski definition) is 3. The van der Waals surface area contributed by atoms with E-state index in [1.807, 2.05) is 67.5 Å². The summed E-state index contributed by atoms with van der Waals surface area (Å²) < 4.78 is 0. The summed E-state index contributed by atoms with van der Waals surface area (Å²) in [4.78, 5) is 16.9. The molecule has 0 saturated carbocycles. The fourth-order valence-corrected chi connectivity index (χ4v) is 2.69. The summed E-state index contributed by atoms with van der Waals surface area (Å²) in [6, 6.07) is 18.0. The van der Waals surface area contributed by atoms with Crippen molar-refractivity contribution in [1.82, 2.24) is 9.80 Å². The number of carbonyl (C=O) groups excluding carboxylic acids is 1. The van der Waals surface area contributed by atoms with Gasteiger partial charge in [0, 0.05) is 25.2 Å².